The van der Waals surface area contributed by atoms with Gasteiger partial charge in [0.15, 0.2) is 0 Å². The van der Waals surface area contributed by atoms with Crippen LogP contribution in [-0.2, 0) is 26.2 Å². The molecule has 220 valence electrons. The largest absolute Gasteiger partial charge is 0.354 e. The number of rotatable bonds is 12. The van der Waals surface area contributed by atoms with Crippen LogP contribution < -0.4 is 9.62 Å². The molecule has 0 spiro atoms. The molecule has 7 nitrogen and oxygen atoms in total. The fourth-order valence-corrected chi connectivity index (χ4v) is 6.06. The Labute approximate surface area is 245 Å². The van der Waals surface area contributed by atoms with Gasteiger partial charge in [-0.2, -0.15) is 0 Å². The third-order valence-corrected chi connectivity index (χ3v) is 9.05. The van der Waals surface area contributed by atoms with E-state index in [2.05, 4.69) is 5.32 Å². The van der Waals surface area contributed by atoms with Crippen molar-refractivity contribution in [1.82, 2.24) is 10.2 Å². The molecule has 1 unspecified atom stereocenters. The summed E-state index contributed by atoms with van der Waals surface area (Å²) in [6.07, 6.45) is 0.385. The Kier molecular flexibility index (Phi) is 10.7. The molecule has 1 atom stereocenters. The monoisotopic (exact) mass is 577 g/mol. The Morgan fingerprint density at radius 1 is 0.854 bits per heavy atom. The van der Waals surface area contributed by atoms with Crippen molar-refractivity contribution in [3.63, 3.8) is 0 Å². The van der Waals surface area contributed by atoms with E-state index < -0.39 is 28.5 Å². The number of benzene rings is 3. The van der Waals surface area contributed by atoms with Gasteiger partial charge in [0.05, 0.1) is 10.6 Å². The second-order valence-corrected chi connectivity index (χ2v) is 13.0. The SMILES string of the molecule is CCC(C(=O)NCC(C)C)N(Cc1ccc(C)cc1)C(=O)CN(c1cccc(C)c1C)S(=O)(=O)c1ccc(C)cc1. The quantitative estimate of drug-likeness (QED) is 0.299. The zero-order chi connectivity index (χ0) is 30.3. The lowest BCUT2D eigenvalue weighted by molar-refractivity contribution is -0.140. The molecule has 1 N–H and O–H groups in total. The van der Waals surface area contributed by atoms with Gasteiger partial charge in [0.1, 0.15) is 12.6 Å². The number of sulfonamides is 1. The zero-order valence-electron chi connectivity index (χ0n) is 25.3. The van der Waals surface area contributed by atoms with Gasteiger partial charge in [0.2, 0.25) is 11.8 Å². The summed E-state index contributed by atoms with van der Waals surface area (Å²) in [4.78, 5) is 29.2. The summed E-state index contributed by atoms with van der Waals surface area (Å²) in [5.41, 5.74) is 4.99. The number of hydrogen-bond acceptors (Lipinski definition) is 4. The first-order chi connectivity index (χ1) is 19.3. The molecular weight excluding hydrogens is 534 g/mol. The Bertz CT molecular complexity index is 1450. The summed E-state index contributed by atoms with van der Waals surface area (Å²) in [5, 5.41) is 2.96. The van der Waals surface area contributed by atoms with E-state index in [-0.39, 0.29) is 23.3 Å². The standard InChI is InChI=1S/C33H43N3O4S/c1-8-30(33(38)34-20-23(2)3)35(21-28-16-12-24(4)13-17-28)32(37)22-36(31-11-9-10-26(6)27(31)7)41(39,40)29-18-14-25(5)15-19-29/h9-19,23,30H,8,20-22H2,1-7H3,(H,34,38). The highest BCUT2D eigenvalue weighted by atomic mass is 32.2. The van der Waals surface area contributed by atoms with Gasteiger partial charge in [0.25, 0.3) is 10.0 Å². The Balaban J connectivity index is 2.08. The summed E-state index contributed by atoms with van der Waals surface area (Å²) < 4.78 is 29.4. The van der Waals surface area contributed by atoms with E-state index in [4.69, 9.17) is 0 Å². The number of carbonyl (C=O) groups excluding carboxylic acids is 2. The molecule has 0 aliphatic rings. The van der Waals surface area contributed by atoms with E-state index in [1.807, 2.05) is 78.8 Å². The van der Waals surface area contributed by atoms with E-state index in [1.165, 1.54) is 9.21 Å². The van der Waals surface area contributed by atoms with Crippen molar-refractivity contribution in [2.24, 2.45) is 5.92 Å². The number of carbonyl (C=O) groups is 2. The molecule has 0 saturated carbocycles. The minimum absolute atomic E-state index is 0.101. The normalized spacial score (nSPS) is 12.2. The van der Waals surface area contributed by atoms with Crippen molar-refractivity contribution < 1.29 is 18.0 Å². The summed E-state index contributed by atoms with van der Waals surface area (Å²) in [6.45, 7) is 13.7. The molecule has 0 bridgehead atoms. The maximum absolute atomic E-state index is 14.2. The highest BCUT2D eigenvalue weighted by Crippen LogP contribution is 2.29. The third-order valence-electron chi connectivity index (χ3n) is 7.28. The molecule has 2 amide bonds. The lowest BCUT2D eigenvalue weighted by Gasteiger charge is -2.34. The van der Waals surface area contributed by atoms with Crippen LogP contribution in [0.3, 0.4) is 0 Å². The highest BCUT2D eigenvalue weighted by molar-refractivity contribution is 7.92. The van der Waals surface area contributed by atoms with Crippen LogP contribution in [-0.4, -0.2) is 44.3 Å². The lowest BCUT2D eigenvalue weighted by Crippen LogP contribution is -2.52. The van der Waals surface area contributed by atoms with Crippen molar-refractivity contribution in [2.75, 3.05) is 17.4 Å². The van der Waals surface area contributed by atoms with Crippen LogP contribution in [0.5, 0.6) is 0 Å². The maximum atomic E-state index is 14.2. The average molecular weight is 578 g/mol. The Morgan fingerprint density at radius 3 is 2.00 bits per heavy atom. The highest BCUT2D eigenvalue weighted by Gasteiger charge is 2.34. The third kappa shape index (κ3) is 7.97. The first kappa shape index (κ1) is 31.9. The van der Waals surface area contributed by atoms with Crippen LogP contribution >= 0.6 is 0 Å². The molecule has 0 radical (unpaired) electrons. The topological polar surface area (TPSA) is 86.8 Å². The molecule has 0 heterocycles. The first-order valence-corrected chi connectivity index (χ1v) is 15.6. The molecule has 41 heavy (non-hydrogen) atoms. The Morgan fingerprint density at radius 2 is 1.44 bits per heavy atom. The maximum Gasteiger partial charge on any atom is 0.264 e. The van der Waals surface area contributed by atoms with Crippen molar-refractivity contribution in [3.8, 4) is 0 Å². The van der Waals surface area contributed by atoms with Crippen LogP contribution in [0, 0.1) is 33.6 Å². The smallest absolute Gasteiger partial charge is 0.264 e. The van der Waals surface area contributed by atoms with Gasteiger partial charge in [-0.25, -0.2) is 8.42 Å². The molecule has 3 aromatic carbocycles. The number of nitrogens with one attached hydrogen (secondary N) is 1. The molecule has 0 aliphatic heterocycles. The number of nitrogens with zero attached hydrogens (tertiary/aromatic N) is 2. The van der Waals surface area contributed by atoms with E-state index >= 15 is 0 Å². The molecule has 3 aromatic rings. The van der Waals surface area contributed by atoms with Crippen LogP contribution in [0.1, 0.15) is 55.0 Å². The first-order valence-electron chi connectivity index (χ1n) is 14.1. The molecule has 0 aromatic heterocycles. The molecule has 0 fully saturated rings. The van der Waals surface area contributed by atoms with Gasteiger partial charge in [-0.05, 0) is 74.9 Å². The van der Waals surface area contributed by atoms with Gasteiger partial charge >= 0.3 is 0 Å². The van der Waals surface area contributed by atoms with E-state index in [9.17, 15) is 18.0 Å². The fraction of sp³-hybridized carbons (Fsp3) is 0.394. The number of anilines is 1. The van der Waals surface area contributed by atoms with Crippen LogP contribution in [0.15, 0.2) is 71.6 Å². The van der Waals surface area contributed by atoms with Crippen molar-refractivity contribution in [2.45, 2.75) is 72.4 Å². The average Bonchev–Trinajstić information content (AvgIpc) is 2.93. The molecule has 3 rings (SSSR count). The van der Waals surface area contributed by atoms with Gasteiger partial charge < -0.3 is 10.2 Å². The summed E-state index contributed by atoms with van der Waals surface area (Å²) >= 11 is 0. The van der Waals surface area contributed by atoms with Gasteiger partial charge in [0, 0.05) is 13.1 Å². The van der Waals surface area contributed by atoms with E-state index in [1.54, 1.807) is 36.4 Å². The summed E-state index contributed by atoms with van der Waals surface area (Å²) in [7, 11) is -4.11. The number of hydrogen-bond donors (Lipinski definition) is 1. The molecule has 0 aliphatic carbocycles. The van der Waals surface area contributed by atoms with Crippen molar-refractivity contribution in [1.29, 1.82) is 0 Å². The van der Waals surface area contributed by atoms with Crippen LogP contribution in [0.25, 0.3) is 0 Å². The number of amides is 2. The van der Waals surface area contributed by atoms with Gasteiger partial charge in [-0.1, -0.05) is 80.4 Å². The Hall–Kier alpha value is -3.65. The summed E-state index contributed by atoms with van der Waals surface area (Å²) in [6, 6.07) is 19.0. The second-order valence-electron chi connectivity index (χ2n) is 11.1. The molecular formula is C33H43N3O4S. The van der Waals surface area contributed by atoms with Crippen molar-refractivity contribution >= 4 is 27.5 Å². The fourth-order valence-electron chi connectivity index (χ4n) is 4.59. The van der Waals surface area contributed by atoms with Crippen molar-refractivity contribution in [3.05, 3.63) is 94.5 Å². The number of aryl methyl sites for hydroxylation is 3. The zero-order valence-corrected chi connectivity index (χ0v) is 26.1. The molecule has 8 heteroatoms. The second kappa shape index (κ2) is 13.8. The minimum atomic E-state index is -4.11. The van der Waals surface area contributed by atoms with Gasteiger partial charge in [-0.3, -0.25) is 13.9 Å². The minimum Gasteiger partial charge on any atom is -0.354 e. The summed E-state index contributed by atoms with van der Waals surface area (Å²) in [5.74, 6) is -0.452. The predicted molar refractivity (Wildman–Crippen MR) is 165 cm³/mol. The molecule has 0 saturated heterocycles. The van der Waals surface area contributed by atoms with Crippen LogP contribution in [0.4, 0.5) is 5.69 Å². The van der Waals surface area contributed by atoms with E-state index in [0.717, 1.165) is 27.8 Å². The van der Waals surface area contributed by atoms with E-state index in [0.29, 0.717) is 18.7 Å². The predicted octanol–water partition coefficient (Wildman–Crippen LogP) is 5.70. The van der Waals surface area contributed by atoms with Gasteiger partial charge in [-0.15, -0.1) is 0 Å². The van der Waals surface area contributed by atoms with Crippen LogP contribution in [0.2, 0.25) is 0 Å². The lowest BCUT2D eigenvalue weighted by atomic mass is 10.1.